The number of carbonyl (C=O) groups is 1. The second kappa shape index (κ2) is 12.4. The van der Waals surface area contributed by atoms with Gasteiger partial charge in [-0.15, -0.1) is 11.3 Å². The van der Waals surface area contributed by atoms with E-state index >= 15 is 8.78 Å². The van der Waals surface area contributed by atoms with Gasteiger partial charge in [-0.1, -0.05) is 6.07 Å². The first kappa shape index (κ1) is 29.8. The van der Waals surface area contributed by atoms with E-state index < -0.39 is 28.9 Å². The van der Waals surface area contributed by atoms with Gasteiger partial charge >= 0.3 is 5.97 Å². The lowest BCUT2D eigenvalue weighted by molar-refractivity contribution is 0.0520. The Morgan fingerprint density at radius 2 is 2.00 bits per heavy atom. The van der Waals surface area contributed by atoms with Gasteiger partial charge < -0.3 is 4.74 Å². The molecule has 0 radical (unpaired) electrons. The molecule has 1 aliphatic rings. The van der Waals surface area contributed by atoms with Gasteiger partial charge in [0.25, 0.3) is 11.3 Å². The van der Waals surface area contributed by atoms with Crippen LogP contribution < -0.4 is 4.72 Å². The number of aryl methyl sites for hydroxylation is 1. The highest BCUT2D eigenvalue weighted by Crippen LogP contribution is 2.39. The number of thiazole rings is 1. The summed E-state index contributed by atoms with van der Waals surface area (Å²) in [4.78, 5) is 16.9. The topological polar surface area (TPSA) is 124 Å². The fourth-order valence-electron chi connectivity index (χ4n) is 5.03. The molecule has 228 valence electrons. The van der Waals surface area contributed by atoms with Gasteiger partial charge in [0.2, 0.25) is 5.13 Å². The summed E-state index contributed by atoms with van der Waals surface area (Å²) in [5.74, 6) is -1.11. The number of nitrogens with one attached hydrogen (secondary N) is 1. The number of benzene rings is 2. The van der Waals surface area contributed by atoms with Crippen LogP contribution in [-0.4, -0.2) is 45.9 Å². The van der Waals surface area contributed by atoms with Gasteiger partial charge in [-0.05, 0) is 68.0 Å². The minimum absolute atomic E-state index is 0.140. The highest BCUT2D eigenvalue weighted by Gasteiger charge is 2.30. The molecular weight excluding hydrogens is 610 g/mol. The molecule has 44 heavy (non-hydrogen) atoms. The molecule has 1 fully saturated rings. The van der Waals surface area contributed by atoms with Gasteiger partial charge in [0.15, 0.2) is 5.69 Å². The molecule has 0 aliphatic heterocycles. The van der Waals surface area contributed by atoms with Gasteiger partial charge in [-0.2, -0.15) is 10.2 Å². The van der Waals surface area contributed by atoms with E-state index in [0.717, 1.165) is 24.1 Å². The van der Waals surface area contributed by atoms with E-state index in [0.29, 0.717) is 45.4 Å². The molecule has 1 unspecified atom stereocenters. The van der Waals surface area contributed by atoms with Crippen LogP contribution in [0, 0.1) is 17.6 Å². The third-order valence-corrected chi connectivity index (χ3v) is 8.53. The number of anilines is 1. The highest BCUT2D eigenvalue weighted by atomic mass is 32.2. The van der Waals surface area contributed by atoms with Crippen LogP contribution in [0.2, 0.25) is 0 Å². The van der Waals surface area contributed by atoms with Crippen LogP contribution in [0.3, 0.4) is 0 Å². The van der Waals surface area contributed by atoms with Crippen LogP contribution in [0.25, 0.3) is 27.5 Å². The van der Waals surface area contributed by atoms with Crippen molar-refractivity contribution in [3.8, 4) is 27.5 Å². The molecule has 0 bridgehead atoms. The summed E-state index contributed by atoms with van der Waals surface area (Å²) in [6, 6.07) is 8.97. The third-order valence-electron chi connectivity index (χ3n) is 7.31. The zero-order valence-corrected chi connectivity index (χ0v) is 25.4. The maximum absolute atomic E-state index is 15.4. The highest BCUT2D eigenvalue weighted by molar-refractivity contribution is 7.80. The molecule has 10 nitrogen and oxygen atoms in total. The summed E-state index contributed by atoms with van der Waals surface area (Å²) in [5, 5.41) is 11.2. The Kier molecular flexibility index (Phi) is 8.38. The van der Waals surface area contributed by atoms with Gasteiger partial charge in [0, 0.05) is 47.3 Å². The van der Waals surface area contributed by atoms with Crippen LogP contribution in [0.5, 0.6) is 0 Å². The monoisotopic (exact) mass is 638 g/mol. The molecule has 14 heteroatoms. The average molecular weight is 639 g/mol. The Morgan fingerprint density at radius 3 is 2.68 bits per heavy atom. The number of ether oxygens (including phenoxy) is 1. The minimum Gasteiger partial charge on any atom is -0.461 e. The molecule has 0 saturated heterocycles. The first-order chi connectivity index (χ1) is 21.2. The summed E-state index contributed by atoms with van der Waals surface area (Å²) >= 11 is -1.11. The summed E-state index contributed by atoms with van der Waals surface area (Å²) in [6.07, 6.45) is 6.18. The first-order valence-electron chi connectivity index (χ1n) is 13.9. The number of carbonyl (C=O) groups excluding carboxylic acids is 1. The van der Waals surface area contributed by atoms with Crippen LogP contribution in [-0.2, 0) is 35.9 Å². The second-order valence-corrected chi connectivity index (χ2v) is 12.0. The second-order valence-electron chi connectivity index (χ2n) is 10.5. The predicted molar refractivity (Wildman–Crippen MR) is 163 cm³/mol. The fourth-order valence-corrected chi connectivity index (χ4v) is 6.12. The minimum atomic E-state index is -2.35. The number of nitrogens with zero attached hydrogens (tertiary/aromatic N) is 5. The van der Waals surface area contributed by atoms with Crippen molar-refractivity contribution in [1.82, 2.24) is 24.5 Å². The number of hydrogen-bond acceptors (Lipinski definition) is 7. The van der Waals surface area contributed by atoms with Crippen molar-refractivity contribution >= 4 is 34.3 Å². The van der Waals surface area contributed by atoms with E-state index in [2.05, 4.69) is 14.8 Å². The smallest absolute Gasteiger partial charge is 0.357 e. The number of esters is 1. The lowest BCUT2D eigenvalue weighted by atomic mass is 9.95. The van der Waals surface area contributed by atoms with E-state index in [9.17, 15) is 9.00 Å². The maximum Gasteiger partial charge on any atom is 0.357 e. The Balaban J connectivity index is 1.51. The molecule has 0 amide bonds. The van der Waals surface area contributed by atoms with Crippen molar-refractivity contribution in [2.45, 2.75) is 32.6 Å². The van der Waals surface area contributed by atoms with Crippen molar-refractivity contribution in [1.29, 1.82) is 0 Å². The zero-order chi connectivity index (χ0) is 31.0. The van der Waals surface area contributed by atoms with Gasteiger partial charge in [-0.3, -0.25) is 14.0 Å². The fraction of sp³-hybridized carbons (Fsp3) is 0.267. The summed E-state index contributed by atoms with van der Waals surface area (Å²) in [7, 11) is 1.75. The standard InChI is InChI=1S/C30H28F2N6O4S2/c1-3-42-29(39)26-16-43-30(34-26)38-27(10-17-4-5-17)23(11-18-6-8-21(13-25(18)32)36-44(40)41)28(35-38)19-7-9-24(31)22(12-19)20-14-33-37(2)15-20/h6-9,12-17,36H,3-5,10-11H2,1-2H3,(H,40,41). The van der Waals surface area contributed by atoms with Crippen LogP contribution >= 0.6 is 11.3 Å². The van der Waals surface area contributed by atoms with Crippen molar-refractivity contribution < 1.29 is 27.1 Å². The Labute approximate surface area is 258 Å². The number of halogens is 2. The van der Waals surface area contributed by atoms with Crippen LogP contribution in [0.15, 0.2) is 54.2 Å². The molecule has 2 aromatic carbocycles. The quantitative estimate of drug-likeness (QED) is 0.136. The van der Waals surface area contributed by atoms with Crippen molar-refractivity contribution in [3.05, 3.63) is 88.3 Å². The number of hydrogen-bond donors (Lipinski definition) is 2. The van der Waals surface area contributed by atoms with Gasteiger partial charge in [0.1, 0.15) is 11.6 Å². The van der Waals surface area contributed by atoms with E-state index in [1.807, 2.05) is 0 Å². The molecule has 3 aromatic heterocycles. The van der Waals surface area contributed by atoms with Crippen LogP contribution in [0.4, 0.5) is 14.5 Å². The Morgan fingerprint density at radius 1 is 1.18 bits per heavy atom. The van der Waals surface area contributed by atoms with E-state index in [4.69, 9.17) is 14.4 Å². The van der Waals surface area contributed by atoms with Crippen LogP contribution in [0.1, 0.15) is 47.1 Å². The first-order valence-corrected chi connectivity index (χ1v) is 15.9. The summed E-state index contributed by atoms with van der Waals surface area (Å²) < 4.78 is 61.5. The number of aromatic nitrogens is 5. The SMILES string of the molecule is CCOC(=O)c1csc(-n2nc(-c3ccc(F)c(-c4cnn(C)c4)c3)c(Cc3ccc(NS(=O)O)cc3F)c2CC2CC2)n1. The normalized spacial score (nSPS) is 13.7. The van der Waals surface area contributed by atoms with E-state index in [1.165, 1.54) is 29.5 Å². The predicted octanol–water partition coefficient (Wildman–Crippen LogP) is 5.94. The largest absolute Gasteiger partial charge is 0.461 e. The molecule has 1 saturated carbocycles. The number of rotatable bonds is 11. The average Bonchev–Trinajstić information content (AvgIpc) is 3.33. The molecule has 2 N–H and O–H groups in total. The molecule has 5 aromatic rings. The molecule has 3 heterocycles. The van der Waals surface area contributed by atoms with Crippen molar-refractivity contribution in [2.75, 3.05) is 11.3 Å². The summed E-state index contributed by atoms with van der Waals surface area (Å²) in [6.45, 7) is 1.94. The molecular formula is C30H28F2N6O4S2. The maximum atomic E-state index is 15.4. The summed E-state index contributed by atoms with van der Waals surface area (Å²) in [5.41, 5.74) is 4.31. The molecule has 6 rings (SSSR count). The van der Waals surface area contributed by atoms with Gasteiger partial charge in [0.05, 0.1) is 29.9 Å². The lowest BCUT2D eigenvalue weighted by Crippen LogP contribution is -2.08. The molecule has 1 aliphatic carbocycles. The van der Waals surface area contributed by atoms with Crippen molar-refractivity contribution in [3.63, 3.8) is 0 Å². The van der Waals surface area contributed by atoms with E-state index in [1.54, 1.807) is 59.3 Å². The third kappa shape index (κ3) is 6.32. The van der Waals surface area contributed by atoms with E-state index in [-0.39, 0.29) is 24.4 Å². The van der Waals surface area contributed by atoms with Gasteiger partial charge in [-0.25, -0.2) is 27.5 Å². The Bertz CT molecular complexity index is 1880. The van der Waals surface area contributed by atoms with Crippen molar-refractivity contribution in [2.24, 2.45) is 13.0 Å². The Hall–Kier alpha value is -4.27. The molecule has 0 spiro atoms. The zero-order valence-electron chi connectivity index (χ0n) is 23.8. The lowest BCUT2D eigenvalue weighted by Gasteiger charge is -2.11. The molecule has 1 atom stereocenters.